The molecule has 8 heteroatoms. The highest BCUT2D eigenvalue weighted by atomic mass is 32.2. The first-order valence-electron chi connectivity index (χ1n) is 14.5. The maximum atomic E-state index is 14.6. The van der Waals surface area contributed by atoms with E-state index in [-0.39, 0.29) is 35.7 Å². The number of hydrogen-bond donors (Lipinski definition) is 1. The van der Waals surface area contributed by atoms with Crippen LogP contribution in [0.1, 0.15) is 50.5 Å². The zero-order chi connectivity index (χ0) is 27.0. The Morgan fingerprint density at radius 3 is 2.59 bits per heavy atom. The van der Waals surface area contributed by atoms with Gasteiger partial charge in [-0.3, -0.25) is 14.4 Å². The summed E-state index contributed by atoms with van der Waals surface area (Å²) in [4.78, 5) is 46.3. The molecule has 1 N–H and O–H groups in total. The van der Waals surface area contributed by atoms with Gasteiger partial charge >= 0.3 is 5.97 Å². The van der Waals surface area contributed by atoms with Crippen LogP contribution in [0.3, 0.4) is 0 Å². The van der Waals surface area contributed by atoms with Crippen LogP contribution in [-0.4, -0.2) is 80.6 Å². The number of carbonyl (C=O) groups is 3. The molecule has 1 aromatic carbocycles. The van der Waals surface area contributed by atoms with E-state index in [0.29, 0.717) is 19.6 Å². The van der Waals surface area contributed by atoms with Gasteiger partial charge in [-0.15, -0.1) is 11.8 Å². The van der Waals surface area contributed by atoms with Crippen molar-refractivity contribution < 1.29 is 24.2 Å². The Balaban J connectivity index is 1.44. The molecule has 1 aliphatic carbocycles. The SMILES string of the molecule is O=C1OCCC/C=C\[C@@H]2S[C@]34C=CCN(C5CCCCC5)C(=O)C3N([C@@H](CO)Cc3ccccc3)C(=O)[C@@H]4[C@H]12. The van der Waals surface area contributed by atoms with Crippen molar-refractivity contribution in [1.29, 1.82) is 0 Å². The fraction of sp³-hybridized carbons (Fsp3) is 0.581. The molecule has 1 aromatic rings. The predicted octanol–water partition coefficient (Wildman–Crippen LogP) is 3.51. The van der Waals surface area contributed by atoms with Crippen LogP contribution >= 0.6 is 11.8 Å². The number of aliphatic hydroxyl groups excluding tert-OH is 1. The molecule has 6 atom stereocenters. The van der Waals surface area contributed by atoms with E-state index in [0.717, 1.165) is 44.1 Å². The number of likely N-dealkylation sites (tertiary alicyclic amines) is 1. The summed E-state index contributed by atoms with van der Waals surface area (Å²) in [7, 11) is 0. The standard InChI is InChI=1S/C31H38N2O5S/c34-20-23(19-21-11-4-1-5-12-21)33-27-29(36)32(22-13-6-2-7-14-22)17-10-16-31(27)26(28(33)35)25-24(39-31)15-8-3-9-18-38-30(25)37/h1,4-5,8,10-12,15-16,22-27,34H,2-3,6-7,9,13-14,17-20H2/b15-8-/t23-,24+,25-,26+,27?,31+/m1/s1. The van der Waals surface area contributed by atoms with Crippen molar-refractivity contribution in [2.24, 2.45) is 11.8 Å². The maximum absolute atomic E-state index is 14.6. The van der Waals surface area contributed by atoms with Gasteiger partial charge < -0.3 is 19.6 Å². The normalized spacial score (nSPS) is 34.7. The Hall–Kier alpha value is -2.58. The number of ether oxygens (including phenoxy) is 1. The topological polar surface area (TPSA) is 87.2 Å². The smallest absolute Gasteiger partial charge is 0.311 e. The van der Waals surface area contributed by atoms with Gasteiger partial charge in [0.2, 0.25) is 11.8 Å². The summed E-state index contributed by atoms with van der Waals surface area (Å²) in [6, 6.07) is 8.58. The molecule has 6 rings (SSSR count). The molecule has 7 nitrogen and oxygen atoms in total. The number of amides is 2. The molecule has 39 heavy (non-hydrogen) atoms. The lowest BCUT2D eigenvalue weighted by atomic mass is 9.78. The molecule has 0 radical (unpaired) electrons. The molecule has 1 spiro atoms. The van der Waals surface area contributed by atoms with E-state index < -0.39 is 28.7 Å². The van der Waals surface area contributed by atoms with E-state index in [1.807, 2.05) is 35.2 Å². The Labute approximate surface area is 234 Å². The molecule has 4 heterocycles. The highest BCUT2D eigenvalue weighted by Crippen LogP contribution is 2.61. The van der Waals surface area contributed by atoms with Crippen molar-refractivity contribution in [3.63, 3.8) is 0 Å². The van der Waals surface area contributed by atoms with Gasteiger partial charge in [-0.25, -0.2) is 0 Å². The monoisotopic (exact) mass is 550 g/mol. The van der Waals surface area contributed by atoms with Gasteiger partial charge in [-0.1, -0.05) is 73.9 Å². The highest BCUT2D eigenvalue weighted by Gasteiger charge is 2.71. The van der Waals surface area contributed by atoms with Crippen LogP contribution in [0.4, 0.5) is 0 Å². The second-order valence-electron chi connectivity index (χ2n) is 11.5. The quantitative estimate of drug-likeness (QED) is 0.446. The molecule has 1 saturated carbocycles. The van der Waals surface area contributed by atoms with E-state index in [4.69, 9.17) is 4.74 Å². The molecule has 208 valence electrons. The minimum Gasteiger partial charge on any atom is -0.465 e. The first-order valence-corrected chi connectivity index (χ1v) is 15.4. The molecule has 2 saturated heterocycles. The number of cyclic esters (lactones) is 1. The number of fused-ring (bicyclic) bond motifs is 2. The third-order valence-corrected chi connectivity index (χ3v) is 11.0. The Bertz CT molecular complexity index is 1150. The molecule has 1 unspecified atom stereocenters. The van der Waals surface area contributed by atoms with Gasteiger partial charge in [0.15, 0.2) is 0 Å². The van der Waals surface area contributed by atoms with E-state index >= 15 is 0 Å². The number of aliphatic hydroxyl groups is 1. The number of hydrogen-bond acceptors (Lipinski definition) is 6. The van der Waals surface area contributed by atoms with Crippen molar-refractivity contribution in [1.82, 2.24) is 9.80 Å². The summed E-state index contributed by atoms with van der Waals surface area (Å²) in [6.07, 6.45) is 15.6. The summed E-state index contributed by atoms with van der Waals surface area (Å²) >= 11 is 1.57. The number of esters is 1. The highest BCUT2D eigenvalue weighted by molar-refractivity contribution is 8.02. The second kappa shape index (κ2) is 11.1. The van der Waals surface area contributed by atoms with Crippen molar-refractivity contribution in [3.05, 3.63) is 60.2 Å². The summed E-state index contributed by atoms with van der Waals surface area (Å²) in [5, 5.41) is 10.4. The average Bonchev–Trinajstić information content (AvgIpc) is 3.37. The first kappa shape index (κ1) is 26.6. The molecule has 5 aliphatic rings. The van der Waals surface area contributed by atoms with Gasteiger partial charge in [0.25, 0.3) is 0 Å². The Kier molecular flexibility index (Phi) is 7.60. The number of allylic oxidation sites excluding steroid dienone is 1. The lowest BCUT2D eigenvalue weighted by molar-refractivity contribution is -0.153. The number of benzene rings is 1. The van der Waals surface area contributed by atoms with Gasteiger partial charge in [-0.2, -0.15) is 0 Å². The van der Waals surface area contributed by atoms with Crippen LogP contribution in [0.5, 0.6) is 0 Å². The molecular weight excluding hydrogens is 512 g/mol. The van der Waals surface area contributed by atoms with E-state index in [2.05, 4.69) is 24.3 Å². The molecule has 4 aliphatic heterocycles. The van der Waals surface area contributed by atoms with Crippen LogP contribution < -0.4 is 0 Å². The third kappa shape index (κ3) is 4.63. The van der Waals surface area contributed by atoms with Crippen molar-refractivity contribution in [2.75, 3.05) is 19.8 Å². The lowest BCUT2D eigenvalue weighted by Gasteiger charge is -2.41. The van der Waals surface area contributed by atoms with Crippen LogP contribution in [-0.2, 0) is 25.5 Å². The van der Waals surface area contributed by atoms with Gasteiger partial charge in [0, 0.05) is 17.8 Å². The molecular formula is C31H38N2O5S. The number of thioether (sulfide) groups is 1. The number of carbonyl (C=O) groups excluding carboxylic acids is 3. The Morgan fingerprint density at radius 1 is 1.03 bits per heavy atom. The van der Waals surface area contributed by atoms with Gasteiger partial charge in [0.1, 0.15) is 6.04 Å². The van der Waals surface area contributed by atoms with Gasteiger partial charge in [0.05, 0.1) is 35.8 Å². The molecule has 0 bridgehead atoms. The van der Waals surface area contributed by atoms with Crippen LogP contribution in [0.15, 0.2) is 54.6 Å². The van der Waals surface area contributed by atoms with Crippen LogP contribution in [0.25, 0.3) is 0 Å². The minimum atomic E-state index is -0.889. The zero-order valence-electron chi connectivity index (χ0n) is 22.3. The summed E-state index contributed by atoms with van der Waals surface area (Å²) in [5.74, 6) is -2.01. The van der Waals surface area contributed by atoms with Crippen molar-refractivity contribution >= 4 is 29.5 Å². The summed E-state index contributed by atoms with van der Waals surface area (Å²) in [5.41, 5.74) is 0.992. The van der Waals surface area contributed by atoms with Crippen molar-refractivity contribution in [2.45, 2.75) is 79.5 Å². The van der Waals surface area contributed by atoms with Gasteiger partial charge in [-0.05, 0) is 37.7 Å². The lowest BCUT2D eigenvalue weighted by Crippen LogP contribution is -2.58. The van der Waals surface area contributed by atoms with E-state index in [1.54, 1.807) is 16.7 Å². The maximum Gasteiger partial charge on any atom is 0.311 e. The molecule has 2 amide bonds. The molecule has 0 aromatic heterocycles. The van der Waals surface area contributed by atoms with E-state index in [9.17, 15) is 19.5 Å². The number of rotatable bonds is 5. The predicted molar refractivity (Wildman–Crippen MR) is 150 cm³/mol. The fourth-order valence-corrected chi connectivity index (χ4v) is 9.45. The summed E-state index contributed by atoms with van der Waals surface area (Å²) in [6.45, 7) is 0.578. The summed E-state index contributed by atoms with van der Waals surface area (Å²) < 4.78 is 4.78. The fourth-order valence-electron chi connectivity index (χ4n) is 7.46. The van der Waals surface area contributed by atoms with Crippen LogP contribution in [0.2, 0.25) is 0 Å². The Morgan fingerprint density at radius 2 is 1.82 bits per heavy atom. The first-order chi connectivity index (χ1) is 19.0. The van der Waals surface area contributed by atoms with Crippen LogP contribution in [0, 0.1) is 11.8 Å². The molecule has 3 fully saturated rings. The van der Waals surface area contributed by atoms with Crippen molar-refractivity contribution in [3.8, 4) is 0 Å². The van der Waals surface area contributed by atoms with E-state index in [1.165, 1.54) is 6.42 Å². The number of nitrogens with zero attached hydrogens (tertiary/aromatic N) is 2. The minimum absolute atomic E-state index is 0.0504. The largest absolute Gasteiger partial charge is 0.465 e. The average molecular weight is 551 g/mol. The zero-order valence-corrected chi connectivity index (χ0v) is 23.1. The third-order valence-electron chi connectivity index (χ3n) is 9.25. The second-order valence-corrected chi connectivity index (χ2v) is 13.0.